The normalized spacial score (nSPS) is 10.8. The number of aromatic nitrogens is 2. The Morgan fingerprint density at radius 1 is 1.18 bits per heavy atom. The predicted octanol–water partition coefficient (Wildman–Crippen LogP) is 3.64. The van der Waals surface area contributed by atoms with Crippen LogP contribution >= 0.6 is 0 Å². The van der Waals surface area contributed by atoms with Gasteiger partial charge in [0.2, 0.25) is 0 Å². The van der Waals surface area contributed by atoms with Crippen molar-refractivity contribution in [1.82, 2.24) is 15.6 Å². The number of benzene rings is 2. The van der Waals surface area contributed by atoms with Crippen molar-refractivity contribution in [3.63, 3.8) is 0 Å². The van der Waals surface area contributed by atoms with Gasteiger partial charge in [-0.15, -0.1) is 0 Å². The summed E-state index contributed by atoms with van der Waals surface area (Å²) in [6.07, 6.45) is 2.44. The summed E-state index contributed by atoms with van der Waals surface area (Å²) in [6, 6.07) is 16.7. The second kappa shape index (κ2) is 9.36. The monoisotopic (exact) mass is 378 g/mol. The molecule has 0 radical (unpaired) electrons. The number of carbonyl (C=O) groups excluding carboxylic acids is 1. The summed E-state index contributed by atoms with van der Waals surface area (Å²) >= 11 is 0. The highest BCUT2D eigenvalue weighted by Gasteiger charge is 2.10. The van der Waals surface area contributed by atoms with Crippen LogP contribution in [0.4, 0.5) is 0 Å². The largest absolute Gasteiger partial charge is 0.493 e. The molecule has 0 saturated heterocycles. The van der Waals surface area contributed by atoms with Crippen LogP contribution in [0.2, 0.25) is 0 Å². The van der Waals surface area contributed by atoms with Crippen molar-refractivity contribution in [3.8, 4) is 22.8 Å². The molecule has 0 bridgehead atoms. The lowest BCUT2D eigenvalue weighted by Crippen LogP contribution is -2.18. The minimum absolute atomic E-state index is 0.331. The minimum atomic E-state index is -0.373. The molecule has 2 aromatic carbocycles. The minimum Gasteiger partial charge on any atom is -0.493 e. The molecule has 0 fully saturated rings. The lowest BCUT2D eigenvalue weighted by atomic mass is 10.1. The predicted molar refractivity (Wildman–Crippen MR) is 108 cm³/mol. The highest BCUT2D eigenvalue weighted by atomic mass is 16.5. The lowest BCUT2D eigenvalue weighted by Gasteiger charge is -2.10. The number of carbonyl (C=O) groups is 1. The van der Waals surface area contributed by atoms with E-state index in [2.05, 4.69) is 20.7 Å². The van der Waals surface area contributed by atoms with Crippen molar-refractivity contribution in [2.75, 3.05) is 13.7 Å². The number of ether oxygens (including phenoxy) is 2. The Bertz CT molecular complexity index is 951. The van der Waals surface area contributed by atoms with Crippen LogP contribution in [-0.2, 0) is 0 Å². The molecule has 0 saturated carbocycles. The van der Waals surface area contributed by atoms with Crippen molar-refractivity contribution >= 4 is 12.1 Å². The van der Waals surface area contributed by atoms with Crippen LogP contribution in [-0.4, -0.2) is 36.0 Å². The molecule has 0 aliphatic carbocycles. The molecule has 3 rings (SSSR count). The number of nitrogens with zero attached hydrogens (tertiary/aromatic N) is 2. The van der Waals surface area contributed by atoms with Crippen LogP contribution in [0, 0.1) is 0 Å². The molecule has 0 atom stereocenters. The first-order chi connectivity index (χ1) is 13.7. The number of hydrogen-bond donors (Lipinski definition) is 2. The van der Waals surface area contributed by atoms with Crippen LogP contribution in [0.5, 0.6) is 11.5 Å². The van der Waals surface area contributed by atoms with Gasteiger partial charge in [0.1, 0.15) is 5.69 Å². The Balaban J connectivity index is 1.64. The lowest BCUT2D eigenvalue weighted by molar-refractivity contribution is 0.0950. The molecule has 2 N–H and O–H groups in total. The maximum atomic E-state index is 12.2. The summed E-state index contributed by atoms with van der Waals surface area (Å²) in [4.78, 5) is 12.2. The second-order valence-corrected chi connectivity index (χ2v) is 5.99. The van der Waals surface area contributed by atoms with E-state index in [0.717, 1.165) is 17.5 Å². The fourth-order valence-electron chi connectivity index (χ4n) is 2.52. The van der Waals surface area contributed by atoms with E-state index in [4.69, 9.17) is 9.47 Å². The SMILES string of the molecule is CCCOc1cc(/C=N\NC(=O)c2cc(-c3ccccc3)n[nH]2)ccc1OC. The Labute approximate surface area is 163 Å². The summed E-state index contributed by atoms with van der Waals surface area (Å²) < 4.78 is 11.0. The third-order valence-electron chi connectivity index (χ3n) is 3.92. The van der Waals surface area contributed by atoms with Crippen LogP contribution in [0.3, 0.4) is 0 Å². The molecule has 1 amide bonds. The molecular weight excluding hydrogens is 356 g/mol. The third-order valence-corrected chi connectivity index (χ3v) is 3.92. The average Bonchev–Trinajstić information content (AvgIpc) is 3.23. The van der Waals surface area contributed by atoms with Crippen molar-refractivity contribution in [1.29, 1.82) is 0 Å². The number of nitrogens with one attached hydrogen (secondary N) is 2. The number of amides is 1. The zero-order valence-electron chi connectivity index (χ0n) is 15.8. The number of rotatable bonds is 8. The van der Waals surface area contributed by atoms with E-state index in [0.29, 0.717) is 29.5 Å². The Kier molecular flexibility index (Phi) is 6.41. The van der Waals surface area contributed by atoms with E-state index >= 15 is 0 Å². The molecule has 1 aromatic heterocycles. The molecule has 0 aliphatic heterocycles. The van der Waals surface area contributed by atoms with Crippen molar-refractivity contribution in [2.24, 2.45) is 5.10 Å². The van der Waals surface area contributed by atoms with Gasteiger partial charge in [0.25, 0.3) is 5.91 Å². The molecule has 0 unspecified atom stereocenters. The number of methoxy groups -OCH3 is 1. The van der Waals surface area contributed by atoms with Crippen LogP contribution in [0.1, 0.15) is 29.4 Å². The molecule has 7 nitrogen and oxygen atoms in total. The smallest absolute Gasteiger partial charge is 0.289 e. The van der Waals surface area contributed by atoms with Gasteiger partial charge in [-0.1, -0.05) is 37.3 Å². The maximum Gasteiger partial charge on any atom is 0.289 e. The topological polar surface area (TPSA) is 88.6 Å². The average molecular weight is 378 g/mol. The first-order valence-electron chi connectivity index (χ1n) is 8.96. The zero-order valence-corrected chi connectivity index (χ0v) is 15.8. The zero-order chi connectivity index (χ0) is 19.8. The number of hydrazone groups is 1. The van der Waals surface area contributed by atoms with Gasteiger partial charge in [-0.2, -0.15) is 10.2 Å². The van der Waals surface area contributed by atoms with Crippen molar-refractivity contribution in [2.45, 2.75) is 13.3 Å². The van der Waals surface area contributed by atoms with Gasteiger partial charge < -0.3 is 9.47 Å². The summed E-state index contributed by atoms with van der Waals surface area (Å²) in [5.74, 6) is 0.920. The van der Waals surface area contributed by atoms with Gasteiger partial charge in [-0.05, 0) is 36.2 Å². The maximum absolute atomic E-state index is 12.2. The summed E-state index contributed by atoms with van der Waals surface area (Å²) in [5, 5.41) is 10.9. The highest BCUT2D eigenvalue weighted by Crippen LogP contribution is 2.27. The summed E-state index contributed by atoms with van der Waals surface area (Å²) in [6.45, 7) is 2.63. The van der Waals surface area contributed by atoms with Crippen molar-refractivity contribution < 1.29 is 14.3 Å². The van der Waals surface area contributed by atoms with Gasteiger partial charge in [-0.3, -0.25) is 9.89 Å². The Morgan fingerprint density at radius 3 is 2.75 bits per heavy atom. The van der Waals surface area contributed by atoms with E-state index in [9.17, 15) is 4.79 Å². The third kappa shape index (κ3) is 4.76. The molecule has 7 heteroatoms. The molecule has 28 heavy (non-hydrogen) atoms. The highest BCUT2D eigenvalue weighted by molar-refractivity contribution is 5.94. The number of H-pyrrole nitrogens is 1. The van der Waals surface area contributed by atoms with Gasteiger partial charge in [-0.25, -0.2) is 5.43 Å². The van der Waals surface area contributed by atoms with E-state index < -0.39 is 0 Å². The molecular formula is C21H22N4O3. The van der Waals surface area contributed by atoms with E-state index in [-0.39, 0.29) is 5.91 Å². The van der Waals surface area contributed by atoms with Gasteiger partial charge in [0.05, 0.1) is 25.6 Å². The van der Waals surface area contributed by atoms with Gasteiger partial charge >= 0.3 is 0 Å². The standard InChI is InChI=1S/C21H22N4O3/c1-3-11-28-20-12-15(9-10-19(20)27-2)14-22-25-21(26)18-13-17(23-24-18)16-7-5-4-6-8-16/h4-10,12-14H,3,11H2,1-2H3,(H,23,24)(H,25,26)/b22-14-. The van der Waals surface area contributed by atoms with Gasteiger partial charge in [0, 0.05) is 5.56 Å². The summed E-state index contributed by atoms with van der Waals surface area (Å²) in [5.41, 5.74) is 5.23. The molecule has 3 aromatic rings. The van der Waals surface area contributed by atoms with E-state index in [1.165, 1.54) is 0 Å². The molecule has 0 spiro atoms. The van der Waals surface area contributed by atoms with Crippen LogP contribution in [0.15, 0.2) is 59.7 Å². The quantitative estimate of drug-likeness (QED) is 0.463. The summed E-state index contributed by atoms with van der Waals surface area (Å²) in [7, 11) is 1.59. The molecule has 1 heterocycles. The van der Waals surface area contributed by atoms with E-state index in [1.807, 2.05) is 49.4 Å². The van der Waals surface area contributed by atoms with Crippen molar-refractivity contribution in [3.05, 3.63) is 65.9 Å². The fourth-order valence-corrected chi connectivity index (χ4v) is 2.52. The molecule has 0 aliphatic rings. The fraction of sp³-hybridized carbons (Fsp3) is 0.190. The van der Waals surface area contributed by atoms with Crippen LogP contribution in [0.25, 0.3) is 11.3 Å². The van der Waals surface area contributed by atoms with Crippen LogP contribution < -0.4 is 14.9 Å². The molecule has 144 valence electrons. The Hall–Kier alpha value is -3.61. The first kappa shape index (κ1) is 19.2. The number of hydrogen-bond acceptors (Lipinski definition) is 5. The van der Waals surface area contributed by atoms with E-state index in [1.54, 1.807) is 25.5 Å². The second-order valence-electron chi connectivity index (χ2n) is 5.99. The Morgan fingerprint density at radius 2 is 2.00 bits per heavy atom. The van der Waals surface area contributed by atoms with Gasteiger partial charge in [0.15, 0.2) is 11.5 Å². The first-order valence-corrected chi connectivity index (χ1v) is 8.96. The number of aromatic amines is 1.